The summed E-state index contributed by atoms with van der Waals surface area (Å²) in [6.07, 6.45) is 6.97. The van der Waals surface area contributed by atoms with Gasteiger partial charge in [-0.05, 0) is 6.07 Å². The highest BCUT2D eigenvalue weighted by Gasteiger charge is 2.09. The van der Waals surface area contributed by atoms with Crippen molar-refractivity contribution >= 4 is 16.5 Å². The minimum atomic E-state index is 0.135. The van der Waals surface area contributed by atoms with Crippen molar-refractivity contribution in [2.45, 2.75) is 6.54 Å². The third-order valence-corrected chi connectivity index (χ3v) is 2.18. The minimum absolute atomic E-state index is 0.135. The molecular weight excluding hydrogens is 176 g/mol. The summed E-state index contributed by atoms with van der Waals surface area (Å²) in [5.41, 5.74) is 6.31. The maximum absolute atomic E-state index is 9.79. The van der Waals surface area contributed by atoms with Gasteiger partial charge in [-0.2, -0.15) is 0 Å². The van der Waals surface area contributed by atoms with Crippen molar-refractivity contribution in [1.29, 1.82) is 0 Å². The first-order valence-corrected chi connectivity index (χ1v) is 4.24. The molecule has 0 spiro atoms. The third-order valence-electron chi connectivity index (χ3n) is 2.18. The molecule has 3 nitrogen and oxygen atoms in total. The van der Waals surface area contributed by atoms with E-state index in [1.54, 1.807) is 16.8 Å². The van der Waals surface area contributed by atoms with Gasteiger partial charge in [0, 0.05) is 17.3 Å². The molecule has 0 unspecified atom stereocenters. The van der Waals surface area contributed by atoms with E-state index in [1.807, 2.05) is 12.1 Å². The highest BCUT2D eigenvalue weighted by atomic mass is 16.3. The van der Waals surface area contributed by atoms with Gasteiger partial charge < -0.3 is 15.4 Å². The number of benzene rings is 1. The van der Waals surface area contributed by atoms with Gasteiger partial charge in [-0.3, -0.25) is 0 Å². The van der Waals surface area contributed by atoms with Crippen LogP contribution in [-0.2, 0) is 6.54 Å². The highest BCUT2D eigenvalue weighted by molar-refractivity contribution is 5.97. The quantitative estimate of drug-likeness (QED) is 0.524. The van der Waals surface area contributed by atoms with E-state index in [2.05, 4.69) is 5.92 Å². The summed E-state index contributed by atoms with van der Waals surface area (Å²) < 4.78 is 1.60. The van der Waals surface area contributed by atoms with E-state index in [1.165, 1.54) is 0 Å². The van der Waals surface area contributed by atoms with Crippen LogP contribution in [0.2, 0.25) is 0 Å². The molecule has 3 N–H and O–H groups in total. The second-order valence-electron chi connectivity index (χ2n) is 3.10. The molecule has 2 aromatic rings. The molecule has 14 heavy (non-hydrogen) atoms. The fourth-order valence-corrected chi connectivity index (χ4v) is 1.55. The Hall–Kier alpha value is -2.08. The Morgan fingerprint density at radius 2 is 2.29 bits per heavy atom. The third kappa shape index (κ3) is 1.09. The first-order valence-electron chi connectivity index (χ1n) is 4.24. The second kappa shape index (κ2) is 3.00. The Kier molecular flexibility index (Phi) is 1.83. The van der Waals surface area contributed by atoms with Crippen LogP contribution in [0.5, 0.6) is 5.88 Å². The van der Waals surface area contributed by atoms with Crippen molar-refractivity contribution in [2.75, 3.05) is 5.73 Å². The normalized spacial score (nSPS) is 10.2. The number of aromatic hydroxyl groups is 1. The highest BCUT2D eigenvalue weighted by Crippen LogP contribution is 2.31. The molecule has 1 aromatic carbocycles. The molecule has 0 aliphatic rings. The zero-order valence-electron chi connectivity index (χ0n) is 7.57. The molecule has 0 atom stereocenters. The topological polar surface area (TPSA) is 51.2 Å². The molecule has 0 saturated heterocycles. The number of nitrogens with zero attached hydrogens (tertiary/aromatic N) is 1. The maximum atomic E-state index is 9.79. The molecule has 70 valence electrons. The van der Waals surface area contributed by atoms with Gasteiger partial charge >= 0.3 is 0 Å². The summed E-state index contributed by atoms with van der Waals surface area (Å²) in [5.74, 6) is 2.60. The largest absolute Gasteiger partial charge is 0.494 e. The monoisotopic (exact) mass is 186 g/mol. The van der Waals surface area contributed by atoms with Crippen LogP contribution in [0.4, 0.5) is 5.69 Å². The summed E-state index contributed by atoms with van der Waals surface area (Å²) in [6, 6.07) is 5.48. The zero-order chi connectivity index (χ0) is 10.1. The van der Waals surface area contributed by atoms with E-state index in [-0.39, 0.29) is 5.88 Å². The molecule has 2 rings (SSSR count). The van der Waals surface area contributed by atoms with Gasteiger partial charge in [0.1, 0.15) is 0 Å². The summed E-state index contributed by atoms with van der Waals surface area (Å²) in [4.78, 5) is 0. The van der Waals surface area contributed by atoms with Crippen LogP contribution in [0.3, 0.4) is 0 Å². The van der Waals surface area contributed by atoms with E-state index in [9.17, 15) is 5.11 Å². The van der Waals surface area contributed by atoms with Crippen LogP contribution in [0.25, 0.3) is 10.8 Å². The molecule has 0 aliphatic carbocycles. The van der Waals surface area contributed by atoms with Gasteiger partial charge in [-0.1, -0.05) is 18.1 Å². The Balaban J connectivity index is 2.75. The average molecular weight is 186 g/mol. The molecule has 0 amide bonds. The van der Waals surface area contributed by atoms with E-state index in [0.29, 0.717) is 17.6 Å². The first kappa shape index (κ1) is 8.52. The molecule has 0 radical (unpaired) electrons. The predicted octanol–water partition coefficient (Wildman–Crippen LogP) is 1.56. The Morgan fingerprint density at radius 1 is 1.50 bits per heavy atom. The summed E-state index contributed by atoms with van der Waals surface area (Å²) in [6.45, 7) is 0.347. The lowest BCUT2D eigenvalue weighted by Gasteiger charge is -1.98. The Bertz CT molecular complexity index is 520. The number of terminal acetylenes is 1. The summed E-state index contributed by atoms with van der Waals surface area (Å²) in [5, 5.41) is 11.4. The van der Waals surface area contributed by atoms with E-state index < -0.39 is 0 Å². The number of hydrogen-bond acceptors (Lipinski definition) is 2. The van der Waals surface area contributed by atoms with Crippen LogP contribution < -0.4 is 5.73 Å². The van der Waals surface area contributed by atoms with Gasteiger partial charge in [-0.15, -0.1) is 6.42 Å². The molecule has 0 aliphatic heterocycles. The molecule has 3 heteroatoms. The molecule has 1 aromatic heterocycles. The van der Waals surface area contributed by atoms with Gasteiger partial charge in [0.05, 0.1) is 11.9 Å². The summed E-state index contributed by atoms with van der Waals surface area (Å²) in [7, 11) is 0. The van der Waals surface area contributed by atoms with Crippen LogP contribution >= 0.6 is 0 Å². The second-order valence-corrected chi connectivity index (χ2v) is 3.10. The number of anilines is 1. The van der Waals surface area contributed by atoms with Crippen molar-refractivity contribution in [3.05, 3.63) is 24.4 Å². The Labute approximate surface area is 81.8 Å². The van der Waals surface area contributed by atoms with Gasteiger partial charge in [-0.25, -0.2) is 0 Å². The lowest BCUT2D eigenvalue weighted by atomic mass is 10.2. The number of nitrogens with two attached hydrogens (primary N) is 1. The van der Waals surface area contributed by atoms with Crippen molar-refractivity contribution in [2.24, 2.45) is 0 Å². The standard InChI is InChI=1S/C11H10N2O/c1-2-6-13-7-8-4-3-5-9(12)10(8)11(13)14/h1,3-5,7,14H,6,12H2. The van der Waals surface area contributed by atoms with Crippen molar-refractivity contribution in [3.63, 3.8) is 0 Å². The lowest BCUT2D eigenvalue weighted by molar-refractivity contribution is 0.433. The molecule has 1 heterocycles. The SMILES string of the molecule is C#CCn1cc2cccc(N)c2c1O. The smallest absolute Gasteiger partial charge is 0.202 e. The van der Waals surface area contributed by atoms with Crippen LogP contribution in [0.1, 0.15) is 0 Å². The van der Waals surface area contributed by atoms with Crippen molar-refractivity contribution < 1.29 is 5.11 Å². The van der Waals surface area contributed by atoms with Crippen LogP contribution in [0.15, 0.2) is 24.4 Å². The van der Waals surface area contributed by atoms with Crippen LogP contribution in [0, 0.1) is 12.3 Å². The summed E-state index contributed by atoms with van der Waals surface area (Å²) >= 11 is 0. The average Bonchev–Trinajstić information content (AvgIpc) is 2.46. The molecule has 0 saturated carbocycles. The fourth-order valence-electron chi connectivity index (χ4n) is 1.55. The van der Waals surface area contributed by atoms with Gasteiger partial charge in [0.25, 0.3) is 0 Å². The number of rotatable bonds is 1. The van der Waals surface area contributed by atoms with Crippen LogP contribution in [-0.4, -0.2) is 9.67 Å². The Morgan fingerprint density at radius 3 is 2.93 bits per heavy atom. The minimum Gasteiger partial charge on any atom is -0.494 e. The zero-order valence-corrected chi connectivity index (χ0v) is 7.57. The predicted molar refractivity (Wildman–Crippen MR) is 56.8 cm³/mol. The van der Waals surface area contributed by atoms with Gasteiger partial charge in [0.2, 0.25) is 5.88 Å². The van der Waals surface area contributed by atoms with Crippen molar-refractivity contribution in [3.8, 4) is 18.2 Å². The van der Waals surface area contributed by atoms with E-state index in [0.717, 1.165) is 5.39 Å². The number of nitrogen functional groups attached to an aromatic ring is 1. The maximum Gasteiger partial charge on any atom is 0.202 e. The van der Waals surface area contributed by atoms with E-state index in [4.69, 9.17) is 12.2 Å². The first-order chi connectivity index (χ1) is 6.74. The fraction of sp³-hybridized carbons (Fsp3) is 0.0909. The molecular formula is C11H10N2O. The number of hydrogen-bond donors (Lipinski definition) is 2. The number of fused-ring (bicyclic) bond motifs is 1. The molecule has 0 fully saturated rings. The number of aromatic nitrogens is 1. The van der Waals surface area contributed by atoms with E-state index >= 15 is 0 Å². The van der Waals surface area contributed by atoms with Crippen molar-refractivity contribution in [1.82, 2.24) is 4.57 Å². The lowest BCUT2D eigenvalue weighted by Crippen LogP contribution is -1.91. The van der Waals surface area contributed by atoms with Gasteiger partial charge in [0.15, 0.2) is 0 Å². The molecule has 0 bridgehead atoms.